The predicted octanol–water partition coefficient (Wildman–Crippen LogP) is 2.08. The minimum atomic E-state index is -3.34. The summed E-state index contributed by atoms with van der Waals surface area (Å²) in [6.45, 7) is 0. The summed E-state index contributed by atoms with van der Waals surface area (Å²) in [4.78, 5) is 39.1. The molecule has 0 saturated carbocycles. The molecular formula is C23H21NO7S. The van der Waals surface area contributed by atoms with Crippen molar-refractivity contribution in [2.45, 2.75) is 18.5 Å². The molecule has 0 radical (unpaired) electrons. The molecule has 0 unspecified atom stereocenters. The fourth-order valence-electron chi connectivity index (χ4n) is 4.22. The van der Waals surface area contributed by atoms with E-state index >= 15 is 0 Å². The van der Waals surface area contributed by atoms with Crippen molar-refractivity contribution in [1.29, 1.82) is 0 Å². The second-order valence-corrected chi connectivity index (χ2v) is 9.97. The Morgan fingerprint density at radius 2 is 1.69 bits per heavy atom. The monoisotopic (exact) mass is 455 g/mol. The number of carbonyl (C=O) groups excluding carboxylic acids is 3. The fourth-order valence-corrected chi connectivity index (χ4v) is 5.93. The summed E-state index contributed by atoms with van der Waals surface area (Å²) in [7, 11) is -2.08. The molecule has 32 heavy (non-hydrogen) atoms. The zero-order chi connectivity index (χ0) is 23.0. The first-order valence-electron chi connectivity index (χ1n) is 9.97. The number of aliphatic hydroxyl groups is 1. The second kappa shape index (κ2) is 8.23. The van der Waals surface area contributed by atoms with Crippen molar-refractivity contribution in [3.05, 3.63) is 76.9 Å². The van der Waals surface area contributed by atoms with Crippen LogP contribution in [-0.4, -0.2) is 60.7 Å². The number of Topliss-reactive ketones (excluding diaryl/α,β-unsaturated/α-hetero) is 1. The highest BCUT2D eigenvalue weighted by atomic mass is 32.2. The quantitative estimate of drug-likeness (QED) is 0.325. The Morgan fingerprint density at radius 1 is 1.03 bits per heavy atom. The minimum absolute atomic E-state index is 0.0760. The molecule has 2 fully saturated rings. The maximum Gasteiger partial charge on any atom is 0.337 e. The third-order valence-electron chi connectivity index (χ3n) is 5.78. The average molecular weight is 455 g/mol. The highest BCUT2D eigenvalue weighted by molar-refractivity contribution is 7.91. The molecule has 2 aromatic rings. The average Bonchev–Trinajstić information content (AvgIpc) is 3.29. The van der Waals surface area contributed by atoms with E-state index in [1.54, 1.807) is 42.5 Å². The first kappa shape index (κ1) is 21.8. The van der Waals surface area contributed by atoms with Crippen LogP contribution in [-0.2, 0) is 24.2 Å². The third kappa shape index (κ3) is 3.80. The van der Waals surface area contributed by atoms with Gasteiger partial charge in [-0.05, 0) is 24.1 Å². The van der Waals surface area contributed by atoms with Crippen LogP contribution in [0, 0.1) is 0 Å². The number of carbonyl (C=O) groups is 3. The molecule has 2 heterocycles. The molecule has 2 aliphatic rings. The first-order valence-corrected chi connectivity index (χ1v) is 11.8. The largest absolute Gasteiger partial charge is 0.507 e. The van der Waals surface area contributed by atoms with Crippen LogP contribution in [0.4, 0.5) is 0 Å². The van der Waals surface area contributed by atoms with E-state index in [1.165, 1.54) is 24.1 Å². The van der Waals surface area contributed by atoms with Crippen molar-refractivity contribution in [3.8, 4) is 0 Å². The lowest BCUT2D eigenvalue weighted by atomic mass is 9.94. The van der Waals surface area contributed by atoms with Gasteiger partial charge in [0.15, 0.2) is 9.84 Å². The lowest BCUT2D eigenvalue weighted by Crippen LogP contribution is -2.40. The van der Waals surface area contributed by atoms with Crippen LogP contribution < -0.4 is 0 Å². The number of likely N-dealkylation sites (tertiary alicyclic amines) is 1. The Balaban J connectivity index is 1.86. The number of benzene rings is 2. The Hall–Kier alpha value is -3.46. The summed E-state index contributed by atoms with van der Waals surface area (Å²) < 4.78 is 28.9. The van der Waals surface area contributed by atoms with Crippen LogP contribution >= 0.6 is 0 Å². The number of methoxy groups -OCH3 is 1. The Labute approximate surface area is 185 Å². The van der Waals surface area contributed by atoms with Gasteiger partial charge in [0, 0.05) is 11.6 Å². The van der Waals surface area contributed by atoms with Crippen molar-refractivity contribution in [2.75, 3.05) is 18.6 Å². The van der Waals surface area contributed by atoms with Crippen LogP contribution in [0.2, 0.25) is 0 Å². The topological polar surface area (TPSA) is 118 Å². The molecule has 166 valence electrons. The van der Waals surface area contributed by atoms with Gasteiger partial charge in [-0.15, -0.1) is 0 Å². The summed E-state index contributed by atoms with van der Waals surface area (Å²) in [5, 5.41) is 11.0. The lowest BCUT2D eigenvalue weighted by molar-refractivity contribution is -0.141. The molecule has 0 aliphatic carbocycles. The van der Waals surface area contributed by atoms with Gasteiger partial charge in [-0.25, -0.2) is 13.2 Å². The molecular weight excluding hydrogens is 434 g/mol. The number of hydrogen-bond acceptors (Lipinski definition) is 7. The van der Waals surface area contributed by atoms with Gasteiger partial charge in [0.1, 0.15) is 5.76 Å². The number of ketones is 1. The van der Waals surface area contributed by atoms with Gasteiger partial charge < -0.3 is 14.7 Å². The number of sulfone groups is 1. The molecule has 2 aromatic carbocycles. The van der Waals surface area contributed by atoms with E-state index in [-0.39, 0.29) is 34.8 Å². The summed E-state index contributed by atoms with van der Waals surface area (Å²) in [5.74, 6) is -2.94. The van der Waals surface area contributed by atoms with Gasteiger partial charge in [-0.2, -0.15) is 0 Å². The number of aliphatic hydroxyl groups excluding tert-OH is 1. The number of ether oxygens (including phenoxy) is 1. The Kier molecular flexibility index (Phi) is 5.60. The molecule has 4 rings (SSSR count). The van der Waals surface area contributed by atoms with E-state index in [4.69, 9.17) is 4.74 Å². The van der Waals surface area contributed by atoms with Crippen molar-refractivity contribution in [3.63, 3.8) is 0 Å². The number of esters is 1. The predicted molar refractivity (Wildman–Crippen MR) is 115 cm³/mol. The van der Waals surface area contributed by atoms with Crippen LogP contribution in [0.1, 0.15) is 33.9 Å². The Morgan fingerprint density at radius 3 is 2.25 bits per heavy atom. The number of hydrogen-bond donors (Lipinski definition) is 1. The SMILES string of the molecule is COC(=O)c1ccc([C@H]2/C(=C(\O)c3ccccc3)C(=O)C(=O)N2[C@H]2CCS(=O)(=O)C2)cc1. The number of nitrogens with zero attached hydrogens (tertiary/aromatic N) is 1. The molecule has 1 amide bonds. The molecule has 0 aromatic heterocycles. The normalized spacial score (nSPS) is 24.0. The van der Waals surface area contributed by atoms with Crippen LogP contribution in [0.25, 0.3) is 5.76 Å². The number of amides is 1. The van der Waals surface area contributed by atoms with E-state index < -0.39 is 39.6 Å². The molecule has 1 N–H and O–H groups in total. The summed E-state index contributed by atoms with van der Waals surface area (Å²) in [6.07, 6.45) is 0.206. The Bertz CT molecular complexity index is 1220. The van der Waals surface area contributed by atoms with Crippen LogP contribution in [0.3, 0.4) is 0 Å². The van der Waals surface area contributed by atoms with E-state index in [0.717, 1.165) is 0 Å². The zero-order valence-corrected chi connectivity index (χ0v) is 18.0. The maximum atomic E-state index is 13.0. The van der Waals surface area contributed by atoms with E-state index in [2.05, 4.69) is 0 Å². The van der Waals surface area contributed by atoms with Gasteiger partial charge in [0.25, 0.3) is 11.7 Å². The molecule has 0 bridgehead atoms. The van der Waals surface area contributed by atoms with Gasteiger partial charge in [-0.3, -0.25) is 9.59 Å². The van der Waals surface area contributed by atoms with Gasteiger partial charge in [0.05, 0.1) is 35.8 Å². The lowest BCUT2D eigenvalue weighted by Gasteiger charge is -2.30. The fraction of sp³-hybridized carbons (Fsp3) is 0.261. The van der Waals surface area contributed by atoms with Crippen LogP contribution in [0.15, 0.2) is 60.2 Å². The maximum absolute atomic E-state index is 13.0. The molecule has 0 spiro atoms. The van der Waals surface area contributed by atoms with Crippen molar-refractivity contribution in [1.82, 2.24) is 4.90 Å². The third-order valence-corrected chi connectivity index (χ3v) is 7.53. The molecule has 8 nitrogen and oxygen atoms in total. The molecule has 2 aliphatic heterocycles. The van der Waals surface area contributed by atoms with Crippen molar-refractivity contribution >= 4 is 33.3 Å². The van der Waals surface area contributed by atoms with E-state index in [0.29, 0.717) is 11.1 Å². The van der Waals surface area contributed by atoms with Crippen molar-refractivity contribution in [2.24, 2.45) is 0 Å². The first-order chi connectivity index (χ1) is 15.2. The van der Waals surface area contributed by atoms with Gasteiger partial charge in [-0.1, -0.05) is 42.5 Å². The minimum Gasteiger partial charge on any atom is -0.507 e. The number of rotatable bonds is 4. The molecule has 2 saturated heterocycles. The molecule has 9 heteroatoms. The van der Waals surface area contributed by atoms with Gasteiger partial charge in [0.2, 0.25) is 0 Å². The summed E-state index contributed by atoms with van der Waals surface area (Å²) in [5.41, 5.74) is 0.996. The summed E-state index contributed by atoms with van der Waals surface area (Å²) >= 11 is 0. The highest BCUT2D eigenvalue weighted by Gasteiger charge is 2.50. The standard InChI is InChI=1S/C23H21NO7S/c1-31-23(28)16-9-7-14(8-10-16)19-18(20(25)15-5-3-2-4-6-15)21(26)22(27)24(19)17-11-12-32(29,30)13-17/h2-10,17,19,25H,11-13H2,1H3/b20-18+/t17-,19-/m0/s1. The van der Waals surface area contributed by atoms with E-state index in [9.17, 15) is 27.9 Å². The van der Waals surface area contributed by atoms with Crippen molar-refractivity contribution < 1.29 is 32.6 Å². The second-order valence-electron chi connectivity index (χ2n) is 7.74. The summed E-state index contributed by atoms with van der Waals surface area (Å²) in [6, 6.07) is 12.8. The van der Waals surface area contributed by atoms with E-state index in [1.807, 2.05) is 0 Å². The van der Waals surface area contributed by atoms with Gasteiger partial charge >= 0.3 is 5.97 Å². The molecule has 2 atom stereocenters. The highest BCUT2D eigenvalue weighted by Crippen LogP contribution is 2.42. The smallest absolute Gasteiger partial charge is 0.337 e. The van der Waals surface area contributed by atoms with Crippen LogP contribution in [0.5, 0.6) is 0 Å². The zero-order valence-electron chi connectivity index (χ0n) is 17.2.